The second-order valence-corrected chi connectivity index (χ2v) is 10.6. The number of para-hydroxylation sites is 2. The van der Waals surface area contributed by atoms with Crippen molar-refractivity contribution in [3.63, 3.8) is 0 Å². The highest BCUT2D eigenvalue weighted by Crippen LogP contribution is 2.47. The van der Waals surface area contributed by atoms with Crippen LogP contribution in [0.3, 0.4) is 0 Å². The Morgan fingerprint density at radius 3 is 1.93 bits per heavy atom. The fraction of sp³-hybridized carbons (Fsp3) is 0. The van der Waals surface area contributed by atoms with Gasteiger partial charge in [0.15, 0.2) is 0 Å². The Bertz CT molecular complexity index is 2410. The van der Waals surface area contributed by atoms with Crippen LogP contribution in [-0.4, -0.2) is 9.97 Å². The van der Waals surface area contributed by atoms with Gasteiger partial charge in [0.1, 0.15) is 11.2 Å². The van der Waals surface area contributed by atoms with Crippen molar-refractivity contribution in [3.8, 4) is 33.4 Å². The monoisotopic (exact) mass is 522 g/mol. The summed E-state index contributed by atoms with van der Waals surface area (Å²) in [5.41, 5.74) is 8.62. The first kappa shape index (κ1) is 22.3. The Labute approximate surface area is 235 Å². The van der Waals surface area contributed by atoms with E-state index < -0.39 is 0 Å². The molecule has 0 aliphatic rings. The van der Waals surface area contributed by atoms with E-state index in [2.05, 4.69) is 94.9 Å². The van der Waals surface area contributed by atoms with Gasteiger partial charge in [0.25, 0.3) is 0 Å². The zero-order valence-corrected chi connectivity index (χ0v) is 22.0. The molecular weight excluding hydrogens is 500 g/mol. The topological polar surface area (TPSA) is 38.9 Å². The average Bonchev–Trinajstić information content (AvgIpc) is 3.43. The van der Waals surface area contributed by atoms with Gasteiger partial charge >= 0.3 is 0 Å². The average molecular weight is 523 g/mol. The summed E-state index contributed by atoms with van der Waals surface area (Å²) in [7, 11) is 0. The van der Waals surface area contributed by atoms with Gasteiger partial charge in [0.05, 0.1) is 0 Å². The third kappa shape index (κ3) is 3.20. The van der Waals surface area contributed by atoms with Crippen molar-refractivity contribution in [2.75, 3.05) is 0 Å². The number of hydrogen-bond acceptors (Lipinski definition) is 3. The summed E-state index contributed by atoms with van der Waals surface area (Å²) >= 11 is 0. The molecule has 0 N–H and O–H groups in total. The van der Waals surface area contributed by atoms with Gasteiger partial charge < -0.3 is 4.42 Å². The quantitative estimate of drug-likeness (QED) is 0.217. The van der Waals surface area contributed by atoms with E-state index in [0.717, 1.165) is 49.8 Å². The molecule has 3 heteroatoms. The van der Waals surface area contributed by atoms with E-state index in [1.807, 2.05) is 49.1 Å². The van der Waals surface area contributed by atoms with Crippen molar-refractivity contribution >= 4 is 54.3 Å². The predicted octanol–water partition coefficient (Wildman–Crippen LogP) is 10.3. The Morgan fingerprint density at radius 2 is 1.12 bits per heavy atom. The molecule has 0 fully saturated rings. The molecule has 9 aromatic rings. The van der Waals surface area contributed by atoms with Crippen molar-refractivity contribution < 1.29 is 4.42 Å². The van der Waals surface area contributed by atoms with Crippen LogP contribution in [0, 0.1) is 0 Å². The summed E-state index contributed by atoms with van der Waals surface area (Å²) in [6.07, 6.45) is 7.56. The van der Waals surface area contributed by atoms with Crippen molar-refractivity contribution in [2.24, 2.45) is 0 Å². The number of nitrogens with zero attached hydrogens (tertiary/aromatic N) is 2. The van der Waals surface area contributed by atoms with Crippen LogP contribution in [0.15, 0.2) is 138 Å². The summed E-state index contributed by atoms with van der Waals surface area (Å²) in [6, 6.07) is 38.9. The fourth-order valence-corrected chi connectivity index (χ4v) is 6.61. The maximum absolute atomic E-state index is 6.53. The first-order valence-corrected chi connectivity index (χ1v) is 13.8. The highest BCUT2D eigenvalue weighted by atomic mass is 16.3. The highest BCUT2D eigenvalue weighted by Gasteiger charge is 2.20. The molecule has 0 unspecified atom stereocenters. The largest absolute Gasteiger partial charge is 0.455 e. The molecule has 0 spiro atoms. The zero-order valence-electron chi connectivity index (χ0n) is 22.0. The van der Waals surface area contributed by atoms with Gasteiger partial charge in [-0.1, -0.05) is 84.9 Å². The molecule has 3 aromatic heterocycles. The standard InChI is InChI=1S/C38H22N2O/c1-2-11-35-27(8-1)31-9-3-10-32(38(31)41-35)34-20-33(25-7-5-19-40-22-25)29-15-13-23-12-14-26(24-6-4-18-39-21-24)28-16-17-30(34)37(29)36(23)28/h1-22H. The second kappa shape index (κ2) is 8.48. The van der Waals surface area contributed by atoms with Crippen molar-refractivity contribution in [2.45, 2.75) is 0 Å². The Hall–Kier alpha value is -5.54. The summed E-state index contributed by atoms with van der Waals surface area (Å²) in [6.45, 7) is 0. The molecular formula is C38H22N2O. The molecule has 0 aliphatic heterocycles. The number of aromatic nitrogens is 2. The van der Waals surface area contributed by atoms with Crippen LogP contribution in [0.1, 0.15) is 0 Å². The van der Waals surface area contributed by atoms with Gasteiger partial charge in [-0.05, 0) is 73.3 Å². The van der Waals surface area contributed by atoms with Gasteiger partial charge in [-0.25, -0.2) is 0 Å². The molecule has 0 atom stereocenters. The van der Waals surface area contributed by atoms with Crippen LogP contribution < -0.4 is 0 Å². The van der Waals surface area contributed by atoms with Crippen LogP contribution in [-0.2, 0) is 0 Å². The minimum absolute atomic E-state index is 0.904. The van der Waals surface area contributed by atoms with Gasteiger partial charge in [0.2, 0.25) is 0 Å². The van der Waals surface area contributed by atoms with E-state index in [4.69, 9.17) is 4.42 Å². The molecule has 0 saturated carbocycles. The number of pyridine rings is 2. The van der Waals surface area contributed by atoms with E-state index in [1.165, 1.54) is 37.9 Å². The molecule has 0 bridgehead atoms. The van der Waals surface area contributed by atoms with E-state index in [0.29, 0.717) is 0 Å². The van der Waals surface area contributed by atoms with E-state index in [1.54, 1.807) is 0 Å². The minimum Gasteiger partial charge on any atom is -0.455 e. The van der Waals surface area contributed by atoms with Crippen LogP contribution in [0.25, 0.3) is 87.6 Å². The summed E-state index contributed by atoms with van der Waals surface area (Å²) in [5, 5.41) is 9.67. The van der Waals surface area contributed by atoms with Gasteiger partial charge in [-0.2, -0.15) is 0 Å². The highest BCUT2D eigenvalue weighted by molar-refractivity contribution is 6.30. The lowest BCUT2D eigenvalue weighted by Gasteiger charge is -2.19. The fourth-order valence-electron chi connectivity index (χ4n) is 6.61. The summed E-state index contributed by atoms with van der Waals surface area (Å²) in [4.78, 5) is 8.89. The van der Waals surface area contributed by atoms with Crippen LogP contribution in [0.5, 0.6) is 0 Å². The van der Waals surface area contributed by atoms with Crippen LogP contribution in [0.4, 0.5) is 0 Å². The number of fused-ring (bicyclic) bond motifs is 3. The molecule has 0 amide bonds. The SMILES string of the molecule is c1cncc(-c2ccc3ccc4c(-c5cccnc5)cc(-c5cccc6c5oc5ccccc56)c5ccc2c3c45)c1. The maximum Gasteiger partial charge on any atom is 0.143 e. The number of hydrogen-bond donors (Lipinski definition) is 0. The predicted molar refractivity (Wildman–Crippen MR) is 169 cm³/mol. The number of rotatable bonds is 3. The Kier molecular flexibility index (Phi) is 4.61. The van der Waals surface area contributed by atoms with Gasteiger partial charge in [0, 0.05) is 52.3 Å². The van der Waals surface area contributed by atoms with E-state index in [-0.39, 0.29) is 0 Å². The van der Waals surface area contributed by atoms with Gasteiger partial charge in [-0.3, -0.25) is 9.97 Å². The molecule has 3 nitrogen and oxygen atoms in total. The molecule has 6 aromatic carbocycles. The zero-order chi connectivity index (χ0) is 26.9. The number of benzene rings is 6. The third-order valence-electron chi connectivity index (χ3n) is 8.42. The third-order valence-corrected chi connectivity index (χ3v) is 8.42. The van der Waals surface area contributed by atoms with Crippen molar-refractivity contribution in [1.82, 2.24) is 9.97 Å². The van der Waals surface area contributed by atoms with E-state index in [9.17, 15) is 0 Å². The first-order chi connectivity index (χ1) is 20.3. The van der Waals surface area contributed by atoms with Crippen LogP contribution in [0.2, 0.25) is 0 Å². The molecule has 0 radical (unpaired) electrons. The molecule has 9 rings (SSSR count). The molecule has 190 valence electrons. The van der Waals surface area contributed by atoms with Crippen molar-refractivity contribution in [1.29, 1.82) is 0 Å². The second-order valence-electron chi connectivity index (χ2n) is 10.6. The summed E-state index contributed by atoms with van der Waals surface area (Å²) in [5.74, 6) is 0. The van der Waals surface area contributed by atoms with Crippen molar-refractivity contribution in [3.05, 3.63) is 134 Å². The van der Waals surface area contributed by atoms with Gasteiger partial charge in [-0.15, -0.1) is 0 Å². The summed E-state index contributed by atoms with van der Waals surface area (Å²) < 4.78 is 6.53. The normalized spacial score (nSPS) is 11.9. The molecule has 0 aliphatic carbocycles. The molecule has 41 heavy (non-hydrogen) atoms. The Balaban J connectivity index is 1.46. The van der Waals surface area contributed by atoms with E-state index >= 15 is 0 Å². The lowest BCUT2D eigenvalue weighted by molar-refractivity contribution is 0.670. The lowest BCUT2D eigenvalue weighted by atomic mass is 9.84. The smallest absolute Gasteiger partial charge is 0.143 e. The first-order valence-electron chi connectivity index (χ1n) is 13.8. The number of furan rings is 1. The van der Waals surface area contributed by atoms with Crippen LogP contribution >= 0.6 is 0 Å². The Morgan fingerprint density at radius 1 is 0.439 bits per heavy atom. The minimum atomic E-state index is 0.904. The lowest BCUT2D eigenvalue weighted by Crippen LogP contribution is -1.93. The maximum atomic E-state index is 6.53. The molecule has 0 saturated heterocycles. The molecule has 3 heterocycles.